The van der Waals surface area contributed by atoms with Gasteiger partial charge in [0, 0.05) is 11.1 Å². The molecule has 1 atom stereocenters. The van der Waals surface area contributed by atoms with E-state index in [9.17, 15) is 5.11 Å². The largest absolute Gasteiger partial charge is 0.494 e. The Morgan fingerprint density at radius 1 is 1.33 bits per heavy atom. The van der Waals surface area contributed by atoms with Crippen molar-refractivity contribution >= 4 is 11.2 Å². The summed E-state index contributed by atoms with van der Waals surface area (Å²) in [5, 5.41) is 14.2. The third-order valence-electron chi connectivity index (χ3n) is 4.33. The van der Waals surface area contributed by atoms with E-state index in [1.165, 1.54) is 0 Å². The summed E-state index contributed by atoms with van der Waals surface area (Å²) in [6, 6.07) is 6.05. The van der Waals surface area contributed by atoms with Crippen molar-refractivity contribution in [2.45, 2.75) is 46.8 Å². The van der Waals surface area contributed by atoms with Gasteiger partial charge in [-0.25, -0.2) is 9.67 Å². The summed E-state index contributed by atoms with van der Waals surface area (Å²) in [6.45, 7) is 8.70. The Labute approximate surface area is 141 Å². The molecule has 1 aromatic carbocycles. The van der Waals surface area contributed by atoms with E-state index in [0.717, 1.165) is 40.2 Å². The van der Waals surface area contributed by atoms with Gasteiger partial charge in [-0.15, -0.1) is 0 Å². The monoisotopic (exact) mass is 328 g/mol. The van der Waals surface area contributed by atoms with Crippen LogP contribution in [-0.2, 0) is 6.61 Å². The maximum atomic E-state index is 9.58. The molecular formula is C18H24N4O2. The van der Waals surface area contributed by atoms with Crippen LogP contribution in [0.1, 0.15) is 44.5 Å². The second-order valence-electron chi connectivity index (χ2n) is 5.98. The van der Waals surface area contributed by atoms with E-state index in [1.54, 1.807) is 0 Å². The smallest absolute Gasteiger partial charge is 0.177 e. The number of nitrogens with one attached hydrogen (secondary N) is 1. The van der Waals surface area contributed by atoms with E-state index in [0.29, 0.717) is 18.4 Å². The zero-order chi connectivity index (χ0) is 17.3. The molecule has 0 aliphatic carbocycles. The standard InChI is InChI=1S/C18H24N4O2/c1-5-11(3)22-18-16(12(4)21-22)19-17(20-18)13-7-8-15(24-6-2)14(9-13)10-23/h7-9,11,23H,5-6,10H2,1-4H3,(H,19,20)/t11-/m0/s1. The average Bonchev–Trinajstić information content (AvgIpc) is 3.15. The van der Waals surface area contributed by atoms with Crippen molar-refractivity contribution in [2.75, 3.05) is 6.61 Å². The number of aliphatic hydroxyl groups excluding tert-OH is 1. The molecule has 2 heterocycles. The van der Waals surface area contributed by atoms with Gasteiger partial charge >= 0.3 is 0 Å². The quantitative estimate of drug-likeness (QED) is 0.725. The maximum Gasteiger partial charge on any atom is 0.177 e. The number of H-pyrrole nitrogens is 1. The van der Waals surface area contributed by atoms with Crippen molar-refractivity contribution in [2.24, 2.45) is 0 Å². The fraction of sp³-hybridized carbons (Fsp3) is 0.444. The van der Waals surface area contributed by atoms with Crippen LogP contribution in [0.5, 0.6) is 5.75 Å². The number of aromatic nitrogens is 4. The summed E-state index contributed by atoms with van der Waals surface area (Å²) in [4.78, 5) is 8.11. The number of hydrogen-bond acceptors (Lipinski definition) is 4. The summed E-state index contributed by atoms with van der Waals surface area (Å²) in [5.74, 6) is 1.49. The van der Waals surface area contributed by atoms with Gasteiger partial charge in [0.05, 0.1) is 24.9 Å². The number of rotatable bonds is 6. The molecule has 24 heavy (non-hydrogen) atoms. The first-order valence-corrected chi connectivity index (χ1v) is 8.40. The summed E-state index contributed by atoms with van der Waals surface area (Å²) >= 11 is 0. The van der Waals surface area contributed by atoms with Gasteiger partial charge in [0.15, 0.2) is 5.65 Å². The Morgan fingerprint density at radius 2 is 2.12 bits per heavy atom. The Kier molecular flexibility index (Phi) is 4.57. The molecule has 0 aliphatic heterocycles. The van der Waals surface area contributed by atoms with Gasteiger partial charge in [-0.05, 0) is 45.4 Å². The van der Waals surface area contributed by atoms with Crippen molar-refractivity contribution in [3.05, 3.63) is 29.5 Å². The highest BCUT2D eigenvalue weighted by atomic mass is 16.5. The number of aliphatic hydroxyl groups is 1. The summed E-state index contributed by atoms with van der Waals surface area (Å²) in [5.41, 5.74) is 4.46. The van der Waals surface area contributed by atoms with Crippen LogP contribution in [0.3, 0.4) is 0 Å². The van der Waals surface area contributed by atoms with Crippen molar-refractivity contribution in [1.29, 1.82) is 0 Å². The van der Waals surface area contributed by atoms with Gasteiger partial charge in [-0.2, -0.15) is 5.10 Å². The lowest BCUT2D eigenvalue weighted by atomic mass is 10.1. The van der Waals surface area contributed by atoms with Crippen LogP contribution in [0.4, 0.5) is 0 Å². The first-order valence-electron chi connectivity index (χ1n) is 8.40. The van der Waals surface area contributed by atoms with Crippen LogP contribution in [0.25, 0.3) is 22.6 Å². The van der Waals surface area contributed by atoms with E-state index in [1.807, 2.05) is 36.7 Å². The van der Waals surface area contributed by atoms with Crippen LogP contribution in [-0.4, -0.2) is 31.5 Å². The molecule has 3 aromatic rings. The van der Waals surface area contributed by atoms with Gasteiger partial charge in [0.2, 0.25) is 0 Å². The zero-order valence-corrected chi connectivity index (χ0v) is 14.6. The Hall–Kier alpha value is -2.34. The number of fused-ring (bicyclic) bond motifs is 1. The first kappa shape index (κ1) is 16.5. The molecule has 3 rings (SSSR count). The third-order valence-corrected chi connectivity index (χ3v) is 4.33. The fourth-order valence-electron chi connectivity index (χ4n) is 2.80. The zero-order valence-electron chi connectivity index (χ0n) is 14.6. The number of hydrogen-bond donors (Lipinski definition) is 2. The Bertz CT molecular complexity index is 850. The maximum absolute atomic E-state index is 9.58. The minimum Gasteiger partial charge on any atom is -0.494 e. The molecule has 0 radical (unpaired) electrons. The number of benzene rings is 1. The number of aryl methyl sites for hydroxylation is 1. The number of aromatic amines is 1. The summed E-state index contributed by atoms with van der Waals surface area (Å²) < 4.78 is 7.52. The van der Waals surface area contributed by atoms with Crippen LogP contribution < -0.4 is 4.74 Å². The van der Waals surface area contributed by atoms with Gasteiger partial charge < -0.3 is 14.8 Å². The van der Waals surface area contributed by atoms with E-state index >= 15 is 0 Å². The summed E-state index contributed by atoms with van der Waals surface area (Å²) in [6.07, 6.45) is 0.996. The normalized spacial score (nSPS) is 12.7. The highest BCUT2D eigenvalue weighted by Crippen LogP contribution is 2.29. The number of nitrogens with zero attached hydrogens (tertiary/aromatic N) is 3. The molecule has 0 unspecified atom stereocenters. The molecule has 6 heteroatoms. The molecule has 2 aromatic heterocycles. The van der Waals surface area contributed by atoms with Crippen LogP contribution in [0, 0.1) is 6.92 Å². The second kappa shape index (κ2) is 6.65. The number of imidazole rings is 1. The van der Waals surface area contributed by atoms with Crippen LogP contribution in [0.15, 0.2) is 18.2 Å². The van der Waals surface area contributed by atoms with Crippen molar-refractivity contribution in [3.63, 3.8) is 0 Å². The van der Waals surface area contributed by atoms with Gasteiger partial charge in [0.1, 0.15) is 17.1 Å². The molecule has 6 nitrogen and oxygen atoms in total. The predicted octanol–water partition coefficient (Wildman–Crippen LogP) is 3.60. The highest BCUT2D eigenvalue weighted by molar-refractivity contribution is 5.79. The van der Waals surface area contributed by atoms with Crippen LogP contribution >= 0.6 is 0 Å². The molecule has 128 valence electrons. The fourth-order valence-corrected chi connectivity index (χ4v) is 2.80. The average molecular weight is 328 g/mol. The highest BCUT2D eigenvalue weighted by Gasteiger charge is 2.17. The number of ether oxygens (including phenoxy) is 1. The van der Waals surface area contributed by atoms with Crippen LogP contribution in [0.2, 0.25) is 0 Å². The van der Waals surface area contributed by atoms with Gasteiger partial charge in [-0.3, -0.25) is 0 Å². The predicted molar refractivity (Wildman–Crippen MR) is 94.1 cm³/mol. The third kappa shape index (κ3) is 2.78. The topological polar surface area (TPSA) is 76.0 Å². The Balaban J connectivity index is 2.06. The molecular weight excluding hydrogens is 304 g/mol. The van der Waals surface area contributed by atoms with Crippen molar-refractivity contribution < 1.29 is 9.84 Å². The second-order valence-corrected chi connectivity index (χ2v) is 5.98. The van der Waals surface area contributed by atoms with Gasteiger partial charge in [0.25, 0.3) is 0 Å². The molecule has 0 aliphatic rings. The van der Waals surface area contributed by atoms with E-state index in [4.69, 9.17) is 9.72 Å². The molecule has 0 spiro atoms. The van der Waals surface area contributed by atoms with E-state index in [2.05, 4.69) is 23.9 Å². The SMILES string of the molecule is CCOc1ccc(-c2nc3c([nH]2)c(C)nn3[C@@H](C)CC)cc1CO. The molecule has 2 N–H and O–H groups in total. The van der Waals surface area contributed by atoms with Gasteiger partial charge in [-0.1, -0.05) is 6.92 Å². The molecule has 0 saturated heterocycles. The van der Waals surface area contributed by atoms with Crippen molar-refractivity contribution in [3.8, 4) is 17.1 Å². The summed E-state index contributed by atoms with van der Waals surface area (Å²) in [7, 11) is 0. The van der Waals surface area contributed by atoms with E-state index < -0.39 is 0 Å². The van der Waals surface area contributed by atoms with Crippen molar-refractivity contribution in [1.82, 2.24) is 19.7 Å². The van der Waals surface area contributed by atoms with E-state index in [-0.39, 0.29) is 6.61 Å². The minimum atomic E-state index is -0.0664. The Morgan fingerprint density at radius 3 is 2.79 bits per heavy atom. The molecule has 0 fully saturated rings. The minimum absolute atomic E-state index is 0.0664. The molecule has 0 bridgehead atoms. The lowest BCUT2D eigenvalue weighted by Gasteiger charge is -2.10. The molecule has 0 saturated carbocycles. The molecule has 0 amide bonds. The lowest BCUT2D eigenvalue weighted by Crippen LogP contribution is -2.06. The first-order chi connectivity index (χ1) is 11.6. The lowest BCUT2D eigenvalue weighted by molar-refractivity contribution is 0.267.